The lowest BCUT2D eigenvalue weighted by molar-refractivity contribution is 0.0909. The van der Waals surface area contributed by atoms with Crippen molar-refractivity contribution in [2.45, 2.75) is 19.4 Å². The van der Waals surface area contributed by atoms with Crippen LogP contribution in [0.2, 0.25) is 0 Å². The van der Waals surface area contributed by atoms with Gasteiger partial charge in [0.15, 0.2) is 0 Å². The molecule has 1 aromatic carbocycles. The van der Waals surface area contributed by atoms with Crippen LogP contribution in [0.3, 0.4) is 0 Å². The van der Waals surface area contributed by atoms with E-state index in [-0.39, 0.29) is 0 Å². The van der Waals surface area contributed by atoms with E-state index >= 15 is 0 Å². The number of hydrogen-bond acceptors (Lipinski definition) is 3. The normalized spacial score (nSPS) is 18.6. The number of para-hydroxylation sites is 1. The first-order valence-corrected chi connectivity index (χ1v) is 7.11. The van der Waals surface area contributed by atoms with Gasteiger partial charge in [-0.05, 0) is 25.0 Å². The lowest BCUT2D eigenvalue weighted by atomic mass is 10.1. The Morgan fingerprint density at radius 1 is 1.45 bits per heavy atom. The van der Waals surface area contributed by atoms with Crippen molar-refractivity contribution in [1.82, 2.24) is 4.98 Å². The van der Waals surface area contributed by atoms with E-state index < -0.39 is 0 Å². The molecule has 1 unspecified atom stereocenters. The Bertz CT molecular complexity index is 623. The van der Waals surface area contributed by atoms with E-state index in [2.05, 4.69) is 47.7 Å². The first-order valence-electron chi connectivity index (χ1n) is 7.11. The highest BCUT2D eigenvalue weighted by molar-refractivity contribution is 5.93. The van der Waals surface area contributed by atoms with Gasteiger partial charge in [0, 0.05) is 30.4 Å². The van der Waals surface area contributed by atoms with Gasteiger partial charge in [-0.2, -0.15) is 0 Å². The number of aryl methyl sites for hydroxylation is 1. The zero-order valence-electron chi connectivity index (χ0n) is 11.9. The van der Waals surface area contributed by atoms with Crippen molar-refractivity contribution in [3.05, 3.63) is 48.7 Å². The van der Waals surface area contributed by atoms with E-state index in [1.807, 2.05) is 12.3 Å². The number of ether oxygens (including phenoxy) is 1. The molecule has 1 aliphatic rings. The van der Waals surface area contributed by atoms with Crippen LogP contribution in [0.15, 0.2) is 43.1 Å². The van der Waals surface area contributed by atoms with E-state index in [1.54, 1.807) is 0 Å². The van der Waals surface area contributed by atoms with E-state index in [9.17, 15) is 0 Å². The highest BCUT2D eigenvalue weighted by atomic mass is 16.5. The molecule has 20 heavy (non-hydrogen) atoms. The van der Waals surface area contributed by atoms with Crippen molar-refractivity contribution in [1.29, 1.82) is 0 Å². The Morgan fingerprint density at radius 2 is 2.35 bits per heavy atom. The number of nitrogens with zero attached hydrogens (tertiary/aromatic N) is 2. The average molecular weight is 268 g/mol. The molecular weight excluding hydrogens is 248 g/mol. The van der Waals surface area contributed by atoms with Crippen LogP contribution >= 0.6 is 0 Å². The van der Waals surface area contributed by atoms with Gasteiger partial charge in [-0.1, -0.05) is 24.3 Å². The van der Waals surface area contributed by atoms with Crippen LogP contribution in [-0.4, -0.2) is 30.8 Å². The smallest absolute Gasteiger partial charge is 0.0771 e. The van der Waals surface area contributed by atoms with Gasteiger partial charge in [-0.15, -0.1) is 6.58 Å². The molecule has 0 saturated carbocycles. The number of fused-ring (bicyclic) bond motifs is 1. The maximum Gasteiger partial charge on any atom is 0.0771 e. The largest absolute Gasteiger partial charge is 0.372 e. The topological polar surface area (TPSA) is 25.4 Å². The van der Waals surface area contributed by atoms with E-state index in [0.717, 1.165) is 25.0 Å². The third kappa shape index (κ3) is 2.41. The molecule has 0 amide bonds. The van der Waals surface area contributed by atoms with Crippen LogP contribution < -0.4 is 4.90 Å². The van der Waals surface area contributed by atoms with E-state index in [4.69, 9.17) is 4.74 Å². The number of benzene rings is 1. The molecule has 1 saturated heterocycles. The molecule has 3 rings (SSSR count). The maximum absolute atomic E-state index is 5.76. The van der Waals surface area contributed by atoms with E-state index in [1.165, 1.54) is 16.6 Å². The second-order valence-electron chi connectivity index (χ2n) is 5.28. The fraction of sp³-hybridized carbons (Fsp3) is 0.353. The molecule has 3 heteroatoms. The molecule has 1 atom stereocenters. The summed E-state index contributed by atoms with van der Waals surface area (Å²) in [6.45, 7) is 8.43. The van der Waals surface area contributed by atoms with Crippen molar-refractivity contribution in [3.8, 4) is 0 Å². The molecule has 2 heterocycles. The summed E-state index contributed by atoms with van der Waals surface area (Å²) in [5.74, 6) is 0. The zero-order chi connectivity index (χ0) is 13.9. The second kappa shape index (κ2) is 5.63. The second-order valence-corrected chi connectivity index (χ2v) is 5.28. The molecular formula is C17H20N2O. The van der Waals surface area contributed by atoms with Crippen LogP contribution in [-0.2, 0) is 4.74 Å². The van der Waals surface area contributed by atoms with Crippen LogP contribution in [0.1, 0.15) is 12.0 Å². The SMILES string of the molecule is C=CCOC1CCN(c2ccnc3c(C)cccc23)C1. The number of hydrogen-bond donors (Lipinski definition) is 0. The van der Waals surface area contributed by atoms with Gasteiger partial charge >= 0.3 is 0 Å². The zero-order valence-corrected chi connectivity index (χ0v) is 11.9. The Balaban J connectivity index is 1.88. The van der Waals surface area contributed by atoms with Crippen LogP contribution in [0.5, 0.6) is 0 Å². The molecule has 2 aromatic rings. The summed E-state index contributed by atoms with van der Waals surface area (Å²) < 4.78 is 5.76. The quantitative estimate of drug-likeness (QED) is 0.795. The average Bonchev–Trinajstić information content (AvgIpc) is 2.94. The van der Waals surface area contributed by atoms with Crippen molar-refractivity contribution >= 4 is 16.6 Å². The summed E-state index contributed by atoms with van der Waals surface area (Å²) in [6.07, 6.45) is 5.10. The van der Waals surface area contributed by atoms with Crippen molar-refractivity contribution in [3.63, 3.8) is 0 Å². The summed E-state index contributed by atoms with van der Waals surface area (Å²) in [4.78, 5) is 6.91. The molecule has 0 radical (unpaired) electrons. The lowest BCUT2D eigenvalue weighted by Gasteiger charge is -2.20. The fourth-order valence-corrected chi connectivity index (χ4v) is 2.87. The maximum atomic E-state index is 5.76. The van der Waals surface area contributed by atoms with Gasteiger partial charge in [0.2, 0.25) is 0 Å². The summed E-state index contributed by atoms with van der Waals surface area (Å²) in [5, 5.41) is 1.23. The minimum atomic E-state index is 0.307. The Labute approximate surface area is 119 Å². The van der Waals surface area contributed by atoms with Gasteiger partial charge in [0.05, 0.1) is 18.2 Å². The third-order valence-corrected chi connectivity index (χ3v) is 3.89. The van der Waals surface area contributed by atoms with Crippen LogP contribution in [0.4, 0.5) is 5.69 Å². The molecule has 0 N–H and O–H groups in total. The molecule has 0 bridgehead atoms. The number of rotatable bonds is 4. The lowest BCUT2D eigenvalue weighted by Crippen LogP contribution is -2.23. The van der Waals surface area contributed by atoms with Crippen LogP contribution in [0, 0.1) is 6.92 Å². The first-order chi connectivity index (χ1) is 9.79. The van der Waals surface area contributed by atoms with Gasteiger partial charge in [0.25, 0.3) is 0 Å². The third-order valence-electron chi connectivity index (χ3n) is 3.89. The minimum Gasteiger partial charge on any atom is -0.372 e. The summed E-state index contributed by atoms with van der Waals surface area (Å²) in [6, 6.07) is 8.48. The predicted molar refractivity (Wildman–Crippen MR) is 83.2 cm³/mol. The summed E-state index contributed by atoms with van der Waals surface area (Å²) >= 11 is 0. The minimum absolute atomic E-state index is 0.307. The number of anilines is 1. The fourth-order valence-electron chi connectivity index (χ4n) is 2.87. The molecule has 1 aliphatic heterocycles. The van der Waals surface area contributed by atoms with Crippen molar-refractivity contribution in [2.75, 3.05) is 24.6 Å². The molecule has 3 nitrogen and oxygen atoms in total. The van der Waals surface area contributed by atoms with Crippen molar-refractivity contribution in [2.24, 2.45) is 0 Å². The Morgan fingerprint density at radius 3 is 3.20 bits per heavy atom. The monoisotopic (exact) mass is 268 g/mol. The number of pyridine rings is 1. The summed E-state index contributed by atoms with van der Waals surface area (Å²) in [5.41, 5.74) is 3.59. The van der Waals surface area contributed by atoms with Gasteiger partial charge in [-0.3, -0.25) is 4.98 Å². The Kier molecular flexibility index (Phi) is 3.70. The Hall–Kier alpha value is -1.87. The molecule has 104 valence electrons. The van der Waals surface area contributed by atoms with E-state index in [0.29, 0.717) is 12.7 Å². The molecule has 0 spiro atoms. The van der Waals surface area contributed by atoms with Gasteiger partial charge in [0.1, 0.15) is 0 Å². The van der Waals surface area contributed by atoms with Crippen molar-refractivity contribution < 1.29 is 4.74 Å². The number of aromatic nitrogens is 1. The van der Waals surface area contributed by atoms with Gasteiger partial charge < -0.3 is 9.64 Å². The summed E-state index contributed by atoms with van der Waals surface area (Å²) in [7, 11) is 0. The molecule has 0 aliphatic carbocycles. The highest BCUT2D eigenvalue weighted by Gasteiger charge is 2.24. The highest BCUT2D eigenvalue weighted by Crippen LogP contribution is 2.30. The standard InChI is InChI=1S/C17H20N2O/c1-3-11-20-14-8-10-19(12-14)16-7-9-18-17-13(2)5-4-6-15(16)17/h3-7,9,14H,1,8,10-12H2,2H3. The van der Waals surface area contributed by atoms with Crippen LogP contribution in [0.25, 0.3) is 10.9 Å². The molecule has 1 fully saturated rings. The molecule has 1 aromatic heterocycles. The van der Waals surface area contributed by atoms with Gasteiger partial charge in [-0.25, -0.2) is 0 Å². The first kappa shape index (κ1) is 13.1. The predicted octanol–water partition coefficient (Wildman–Crippen LogP) is 3.32.